The Balaban J connectivity index is 2.59. The topological polar surface area (TPSA) is 35.5 Å². The molecule has 1 aliphatic heterocycles. The lowest BCUT2D eigenvalue weighted by atomic mass is 10.4. The van der Waals surface area contributed by atoms with E-state index < -0.39 is 0 Å². The van der Waals surface area contributed by atoms with E-state index >= 15 is 0 Å². The summed E-state index contributed by atoms with van der Waals surface area (Å²) in [7, 11) is 1.77. The van der Waals surface area contributed by atoms with Crippen molar-refractivity contribution < 1.29 is 5.11 Å². The van der Waals surface area contributed by atoms with Crippen molar-refractivity contribution in [2.45, 2.75) is 13.0 Å². The fraction of sp³-hybridized carbons (Fsp3) is 0.600. The van der Waals surface area contributed by atoms with Gasteiger partial charge in [0.25, 0.3) is 0 Å². The summed E-state index contributed by atoms with van der Waals surface area (Å²) in [6.07, 6.45) is 1.75. The molecule has 1 heterocycles. The normalized spacial score (nSPS) is 28.5. The van der Waals surface area contributed by atoms with Gasteiger partial charge >= 0.3 is 0 Å². The van der Waals surface area contributed by atoms with Gasteiger partial charge in [-0.3, -0.25) is 5.01 Å². The van der Waals surface area contributed by atoms with Crippen molar-refractivity contribution in [3.8, 4) is 0 Å². The lowest BCUT2D eigenvalue weighted by molar-refractivity contribution is 0.197. The maximum atomic E-state index is 8.89. The number of hydrogen-bond acceptors (Lipinski definition) is 3. The summed E-state index contributed by atoms with van der Waals surface area (Å²) in [5.41, 5.74) is 2.96. The van der Waals surface area contributed by atoms with Crippen LogP contribution in [0, 0.1) is 0 Å². The highest BCUT2D eigenvalue weighted by molar-refractivity contribution is 5.01. The van der Waals surface area contributed by atoms with Crippen LogP contribution in [0.15, 0.2) is 12.0 Å². The average molecular weight is 114 g/mol. The number of nitrogens with one attached hydrogen (secondary N) is 1. The number of aliphatic hydroxyl groups is 1. The highest BCUT2D eigenvalue weighted by Gasteiger charge is 2.13. The van der Waals surface area contributed by atoms with E-state index in [1.165, 1.54) is 0 Å². The van der Waals surface area contributed by atoms with Crippen molar-refractivity contribution in [1.82, 2.24) is 10.4 Å². The Morgan fingerprint density at radius 2 is 2.50 bits per heavy atom. The Labute approximate surface area is 48.6 Å². The fourth-order valence-corrected chi connectivity index (χ4v) is 0.744. The molecule has 1 aliphatic rings. The molecule has 1 unspecified atom stereocenters. The van der Waals surface area contributed by atoms with Crippen molar-refractivity contribution in [2.75, 3.05) is 7.05 Å². The maximum Gasteiger partial charge on any atom is 0.198 e. The number of hydrogen-bond donors (Lipinski definition) is 2. The Kier molecular flexibility index (Phi) is 1.13. The van der Waals surface area contributed by atoms with Crippen LogP contribution in [0.25, 0.3) is 0 Å². The van der Waals surface area contributed by atoms with Crippen LogP contribution in [0.1, 0.15) is 6.92 Å². The third-order valence-corrected chi connectivity index (χ3v) is 1.14. The SMILES string of the molecule is CC1C=C(O)N(C)N1. The molecule has 0 fully saturated rings. The molecule has 0 aromatic carbocycles. The second-order valence-corrected chi connectivity index (χ2v) is 2.00. The molecule has 1 rings (SSSR count). The van der Waals surface area contributed by atoms with Gasteiger partial charge in [0.2, 0.25) is 0 Å². The average Bonchev–Trinajstić information content (AvgIpc) is 1.85. The fourth-order valence-electron chi connectivity index (χ4n) is 0.744. The minimum Gasteiger partial charge on any atom is -0.494 e. The molecular formula is C5H10N2O. The van der Waals surface area contributed by atoms with Gasteiger partial charge in [-0.25, -0.2) is 5.43 Å². The molecule has 0 saturated carbocycles. The molecule has 3 nitrogen and oxygen atoms in total. The predicted molar refractivity (Wildman–Crippen MR) is 31.1 cm³/mol. The van der Waals surface area contributed by atoms with Gasteiger partial charge in [-0.2, -0.15) is 0 Å². The van der Waals surface area contributed by atoms with Crippen molar-refractivity contribution >= 4 is 0 Å². The van der Waals surface area contributed by atoms with Gasteiger partial charge in [-0.15, -0.1) is 0 Å². The molecule has 0 radical (unpaired) electrons. The third-order valence-electron chi connectivity index (χ3n) is 1.14. The van der Waals surface area contributed by atoms with E-state index in [1.54, 1.807) is 18.1 Å². The summed E-state index contributed by atoms with van der Waals surface area (Å²) in [5, 5.41) is 10.5. The van der Waals surface area contributed by atoms with Crippen LogP contribution in [0.5, 0.6) is 0 Å². The van der Waals surface area contributed by atoms with Crippen molar-refractivity contribution in [3.05, 3.63) is 12.0 Å². The van der Waals surface area contributed by atoms with Crippen molar-refractivity contribution in [2.24, 2.45) is 0 Å². The third kappa shape index (κ3) is 0.767. The van der Waals surface area contributed by atoms with E-state index in [-0.39, 0.29) is 6.04 Å². The summed E-state index contributed by atoms with van der Waals surface area (Å²) in [5.74, 6) is 0.303. The van der Waals surface area contributed by atoms with Crippen LogP contribution in [0.2, 0.25) is 0 Å². The van der Waals surface area contributed by atoms with Crippen LogP contribution >= 0.6 is 0 Å². The zero-order chi connectivity index (χ0) is 6.15. The Morgan fingerprint density at radius 1 is 1.88 bits per heavy atom. The summed E-state index contributed by atoms with van der Waals surface area (Å²) in [6, 6.07) is 0.264. The molecule has 0 amide bonds. The molecule has 0 spiro atoms. The van der Waals surface area contributed by atoms with Gasteiger partial charge in [0.05, 0.1) is 0 Å². The van der Waals surface area contributed by atoms with E-state index in [2.05, 4.69) is 5.43 Å². The number of rotatable bonds is 0. The second kappa shape index (κ2) is 1.67. The van der Waals surface area contributed by atoms with Gasteiger partial charge in [-0.1, -0.05) is 0 Å². The molecule has 0 saturated heterocycles. The first-order valence-electron chi connectivity index (χ1n) is 2.61. The molecule has 2 N–H and O–H groups in total. The van der Waals surface area contributed by atoms with E-state index in [0.717, 1.165) is 0 Å². The number of aliphatic hydroxyl groups excluding tert-OH is 1. The van der Waals surface area contributed by atoms with Gasteiger partial charge in [0.15, 0.2) is 5.88 Å². The van der Waals surface area contributed by atoms with Crippen LogP contribution in [-0.4, -0.2) is 23.2 Å². The summed E-state index contributed by atoms with van der Waals surface area (Å²) >= 11 is 0. The van der Waals surface area contributed by atoms with Crippen LogP contribution in [-0.2, 0) is 0 Å². The first-order valence-corrected chi connectivity index (χ1v) is 2.61. The largest absolute Gasteiger partial charge is 0.494 e. The lowest BCUT2D eigenvalue weighted by Crippen LogP contribution is -2.31. The van der Waals surface area contributed by atoms with Crippen LogP contribution in [0.3, 0.4) is 0 Å². The van der Waals surface area contributed by atoms with E-state index in [4.69, 9.17) is 5.11 Å². The molecule has 0 aromatic heterocycles. The summed E-state index contributed by atoms with van der Waals surface area (Å²) < 4.78 is 0. The van der Waals surface area contributed by atoms with Crippen LogP contribution < -0.4 is 5.43 Å². The van der Waals surface area contributed by atoms with E-state index in [0.29, 0.717) is 5.88 Å². The molecule has 1 atom stereocenters. The van der Waals surface area contributed by atoms with Gasteiger partial charge < -0.3 is 5.11 Å². The Hall–Kier alpha value is -0.700. The Bertz CT molecular complexity index is 122. The lowest BCUT2D eigenvalue weighted by Gasteiger charge is -2.11. The quantitative estimate of drug-likeness (QED) is 0.473. The van der Waals surface area contributed by atoms with Crippen LogP contribution in [0.4, 0.5) is 0 Å². The predicted octanol–water partition coefficient (Wildman–Crippen LogP) is 0.224. The zero-order valence-electron chi connectivity index (χ0n) is 5.05. The van der Waals surface area contributed by atoms with Crippen molar-refractivity contribution in [3.63, 3.8) is 0 Å². The van der Waals surface area contributed by atoms with E-state index in [9.17, 15) is 0 Å². The monoisotopic (exact) mass is 114 g/mol. The van der Waals surface area contributed by atoms with Gasteiger partial charge in [0.1, 0.15) is 0 Å². The first-order chi connectivity index (χ1) is 3.70. The molecular weight excluding hydrogens is 104 g/mol. The van der Waals surface area contributed by atoms with Gasteiger partial charge in [0, 0.05) is 13.1 Å². The second-order valence-electron chi connectivity index (χ2n) is 2.00. The number of hydrazine groups is 1. The standard InChI is InChI=1S/C5H10N2O/c1-4-3-5(8)7(2)6-4/h3-4,6,8H,1-2H3. The minimum absolute atomic E-state index is 0.264. The molecule has 0 bridgehead atoms. The first kappa shape index (κ1) is 5.44. The van der Waals surface area contributed by atoms with Crippen molar-refractivity contribution in [1.29, 1.82) is 0 Å². The molecule has 46 valence electrons. The summed E-state index contributed by atoms with van der Waals surface area (Å²) in [6.45, 7) is 1.97. The minimum atomic E-state index is 0.264. The highest BCUT2D eigenvalue weighted by Crippen LogP contribution is 2.03. The Morgan fingerprint density at radius 3 is 2.62 bits per heavy atom. The highest BCUT2D eigenvalue weighted by atomic mass is 16.3. The van der Waals surface area contributed by atoms with Gasteiger partial charge in [-0.05, 0) is 13.0 Å². The van der Waals surface area contributed by atoms with E-state index in [1.807, 2.05) is 6.92 Å². The molecule has 8 heavy (non-hydrogen) atoms. The molecule has 3 heteroatoms. The molecule has 0 aliphatic carbocycles. The summed E-state index contributed by atoms with van der Waals surface area (Å²) in [4.78, 5) is 0. The number of nitrogens with zero attached hydrogens (tertiary/aromatic N) is 1. The zero-order valence-corrected chi connectivity index (χ0v) is 5.05. The maximum absolute atomic E-state index is 8.89. The smallest absolute Gasteiger partial charge is 0.198 e. The molecule has 0 aromatic rings.